The first-order valence-corrected chi connectivity index (χ1v) is 7.40. The molecule has 0 atom stereocenters. The standard InChI is InChI=1S/C16H27N3/c1-14-5-3-6-15(2)16(14)13-19-11-9-18(10-12-19)8-4-7-17/h3,5-6H,4,7-13,17H2,1-2H3. The second kappa shape index (κ2) is 7.04. The smallest absolute Gasteiger partial charge is 0.0240 e. The molecule has 0 unspecified atom stereocenters. The number of rotatable bonds is 5. The monoisotopic (exact) mass is 261 g/mol. The number of piperazine rings is 1. The first-order valence-electron chi connectivity index (χ1n) is 7.40. The summed E-state index contributed by atoms with van der Waals surface area (Å²) in [6, 6.07) is 6.60. The molecule has 1 aromatic carbocycles. The van der Waals surface area contributed by atoms with Crippen LogP contribution in [0.5, 0.6) is 0 Å². The lowest BCUT2D eigenvalue weighted by atomic mass is 10.0. The molecule has 1 aliphatic rings. The van der Waals surface area contributed by atoms with Crippen molar-refractivity contribution in [3.8, 4) is 0 Å². The highest BCUT2D eigenvalue weighted by atomic mass is 15.3. The van der Waals surface area contributed by atoms with Gasteiger partial charge in [0.25, 0.3) is 0 Å². The molecule has 3 heteroatoms. The van der Waals surface area contributed by atoms with Gasteiger partial charge in [-0.3, -0.25) is 4.90 Å². The highest BCUT2D eigenvalue weighted by Gasteiger charge is 2.17. The Kier molecular flexibility index (Phi) is 5.37. The Labute approximate surface area is 117 Å². The summed E-state index contributed by atoms with van der Waals surface area (Å²) >= 11 is 0. The molecule has 0 saturated carbocycles. The van der Waals surface area contributed by atoms with E-state index in [0.29, 0.717) is 0 Å². The molecule has 1 saturated heterocycles. The molecular formula is C16H27N3. The molecular weight excluding hydrogens is 234 g/mol. The Hall–Kier alpha value is -0.900. The minimum atomic E-state index is 0.808. The molecule has 1 aromatic rings. The first-order chi connectivity index (χ1) is 9.20. The average Bonchev–Trinajstić information content (AvgIpc) is 2.42. The van der Waals surface area contributed by atoms with Crippen molar-refractivity contribution in [3.05, 3.63) is 34.9 Å². The Morgan fingerprint density at radius 3 is 2.16 bits per heavy atom. The third kappa shape index (κ3) is 4.03. The molecule has 0 bridgehead atoms. The maximum Gasteiger partial charge on any atom is 0.0240 e. The number of nitrogens with two attached hydrogens (primary N) is 1. The van der Waals surface area contributed by atoms with Gasteiger partial charge in [-0.05, 0) is 50.0 Å². The van der Waals surface area contributed by atoms with Gasteiger partial charge < -0.3 is 10.6 Å². The molecule has 2 rings (SSSR count). The van der Waals surface area contributed by atoms with Crippen LogP contribution in [-0.4, -0.2) is 49.1 Å². The van der Waals surface area contributed by atoms with E-state index in [2.05, 4.69) is 41.8 Å². The number of benzene rings is 1. The highest BCUT2D eigenvalue weighted by Crippen LogP contribution is 2.16. The lowest BCUT2D eigenvalue weighted by molar-refractivity contribution is 0.126. The zero-order valence-electron chi connectivity index (χ0n) is 12.4. The van der Waals surface area contributed by atoms with E-state index in [1.165, 1.54) is 42.9 Å². The van der Waals surface area contributed by atoms with Crippen LogP contribution in [0.15, 0.2) is 18.2 Å². The Morgan fingerprint density at radius 1 is 1.00 bits per heavy atom. The number of hydrogen-bond acceptors (Lipinski definition) is 3. The summed E-state index contributed by atoms with van der Waals surface area (Å²) in [5.74, 6) is 0. The zero-order chi connectivity index (χ0) is 13.7. The normalized spacial score (nSPS) is 17.8. The Bertz CT molecular complexity index is 375. The van der Waals surface area contributed by atoms with Gasteiger partial charge in [0.1, 0.15) is 0 Å². The summed E-state index contributed by atoms with van der Waals surface area (Å²) in [6.45, 7) is 12.2. The van der Waals surface area contributed by atoms with Gasteiger partial charge in [-0.25, -0.2) is 0 Å². The van der Waals surface area contributed by atoms with Crippen LogP contribution in [0.3, 0.4) is 0 Å². The highest BCUT2D eigenvalue weighted by molar-refractivity contribution is 5.33. The van der Waals surface area contributed by atoms with Crippen LogP contribution in [-0.2, 0) is 6.54 Å². The summed E-state index contributed by atoms with van der Waals surface area (Å²) in [6.07, 6.45) is 1.12. The van der Waals surface area contributed by atoms with Gasteiger partial charge in [-0.2, -0.15) is 0 Å². The SMILES string of the molecule is Cc1cccc(C)c1CN1CCN(CCCN)CC1. The lowest BCUT2D eigenvalue weighted by Gasteiger charge is -2.35. The van der Waals surface area contributed by atoms with Crippen LogP contribution < -0.4 is 5.73 Å². The van der Waals surface area contributed by atoms with Crippen LogP contribution in [0.25, 0.3) is 0 Å². The zero-order valence-corrected chi connectivity index (χ0v) is 12.4. The number of aryl methyl sites for hydroxylation is 2. The summed E-state index contributed by atoms with van der Waals surface area (Å²) in [5.41, 5.74) is 9.93. The second-order valence-electron chi connectivity index (χ2n) is 5.63. The summed E-state index contributed by atoms with van der Waals surface area (Å²) in [7, 11) is 0. The van der Waals surface area contributed by atoms with Crippen molar-refractivity contribution in [1.29, 1.82) is 0 Å². The fourth-order valence-electron chi connectivity index (χ4n) is 2.81. The molecule has 1 aliphatic heterocycles. The van der Waals surface area contributed by atoms with Crippen LogP contribution in [0.2, 0.25) is 0 Å². The van der Waals surface area contributed by atoms with Crippen molar-refractivity contribution in [2.75, 3.05) is 39.3 Å². The van der Waals surface area contributed by atoms with Crippen molar-refractivity contribution in [3.63, 3.8) is 0 Å². The Morgan fingerprint density at radius 2 is 1.58 bits per heavy atom. The minimum Gasteiger partial charge on any atom is -0.330 e. The van der Waals surface area contributed by atoms with E-state index in [1.54, 1.807) is 0 Å². The lowest BCUT2D eigenvalue weighted by Crippen LogP contribution is -2.46. The summed E-state index contributed by atoms with van der Waals surface area (Å²) in [5, 5.41) is 0. The molecule has 0 amide bonds. The topological polar surface area (TPSA) is 32.5 Å². The quantitative estimate of drug-likeness (QED) is 0.877. The largest absolute Gasteiger partial charge is 0.330 e. The van der Waals surface area contributed by atoms with Crippen molar-refractivity contribution in [2.24, 2.45) is 5.73 Å². The summed E-state index contributed by atoms with van der Waals surface area (Å²) in [4.78, 5) is 5.11. The third-order valence-electron chi connectivity index (χ3n) is 4.17. The van der Waals surface area contributed by atoms with Crippen molar-refractivity contribution in [1.82, 2.24) is 9.80 Å². The molecule has 0 aliphatic carbocycles. The van der Waals surface area contributed by atoms with Crippen molar-refractivity contribution in [2.45, 2.75) is 26.8 Å². The van der Waals surface area contributed by atoms with Gasteiger partial charge in [0.2, 0.25) is 0 Å². The predicted molar refractivity (Wildman–Crippen MR) is 81.3 cm³/mol. The van der Waals surface area contributed by atoms with Crippen molar-refractivity contribution < 1.29 is 0 Å². The van der Waals surface area contributed by atoms with Crippen LogP contribution in [0.1, 0.15) is 23.1 Å². The van der Waals surface area contributed by atoms with E-state index in [1.807, 2.05) is 0 Å². The van der Waals surface area contributed by atoms with E-state index >= 15 is 0 Å². The molecule has 2 N–H and O–H groups in total. The molecule has 3 nitrogen and oxygen atoms in total. The third-order valence-corrected chi connectivity index (χ3v) is 4.17. The van der Waals surface area contributed by atoms with Crippen molar-refractivity contribution >= 4 is 0 Å². The van der Waals surface area contributed by atoms with Gasteiger partial charge in [-0.1, -0.05) is 18.2 Å². The van der Waals surface area contributed by atoms with E-state index < -0.39 is 0 Å². The maximum atomic E-state index is 5.57. The molecule has 0 spiro atoms. The summed E-state index contributed by atoms with van der Waals surface area (Å²) < 4.78 is 0. The first kappa shape index (κ1) is 14.5. The van der Waals surface area contributed by atoms with Crippen LogP contribution in [0.4, 0.5) is 0 Å². The average molecular weight is 261 g/mol. The van der Waals surface area contributed by atoms with E-state index in [9.17, 15) is 0 Å². The molecule has 1 heterocycles. The second-order valence-corrected chi connectivity index (χ2v) is 5.63. The molecule has 19 heavy (non-hydrogen) atoms. The van der Waals surface area contributed by atoms with Crippen LogP contribution in [0, 0.1) is 13.8 Å². The fraction of sp³-hybridized carbons (Fsp3) is 0.625. The fourth-order valence-corrected chi connectivity index (χ4v) is 2.81. The van der Waals surface area contributed by atoms with Gasteiger partial charge >= 0.3 is 0 Å². The predicted octanol–water partition coefficient (Wildman–Crippen LogP) is 1.77. The maximum absolute atomic E-state index is 5.57. The molecule has 0 radical (unpaired) electrons. The Balaban J connectivity index is 1.85. The minimum absolute atomic E-state index is 0.808. The van der Waals surface area contributed by atoms with Gasteiger partial charge in [0.15, 0.2) is 0 Å². The van der Waals surface area contributed by atoms with E-state index in [4.69, 9.17) is 5.73 Å². The number of nitrogens with zero attached hydrogens (tertiary/aromatic N) is 2. The van der Waals surface area contributed by atoms with Gasteiger partial charge in [-0.15, -0.1) is 0 Å². The molecule has 1 fully saturated rings. The van der Waals surface area contributed by atoms with Crippen LogP contribution >= 0.6 is 0 Å². The van der Waals surface area contributed by atoms with E-state index in [-0.39, 0.29) is 0 Å². The van der Waals surface area contributed by atoms with Gasteiger partial charge in [0, 0.05) is 32.7 Å². The van der Waals surface area contributed by atoms with Gasteiger partial charge in [0.05, 0.1) is 0 Å². The van der Waals surface area contributed by atoms with E-state index in [0.717, 1.165) is 26.1 Å². The molecule has 0 aromatic heterocycles. The number of hydrogen-bond donors (Lipinski definition) is 1. The molecule has 106 valence electrons.